The van der Waals surface area contributed by atoms with E-state index in [1.807, 2.05) is 10.8 Å². The first kappa shape index (κ1) is 21.9. The number of hydroxylamine groups is 2. The van der Waals surface area contributed by atoms with E-state index in [9.17, 15) is 19.2 Å². The average Bonchev–Trinajstić information content (AvgIpc) is 3.35. The number of hydrogen-bond donors (Lipinski definition) is 1. The summed E-state index contributed by atoms with van der Waals surface area (Å²) >= 11 is 0. The van der Waals surface area contributed by atoms with Gasteiger partial charge in [0, 0.05) is 50.2 Å². The minimum absolute atomic E-state index is 0.117. The van der Waals surface area contributed by atoms with Gasteiger partial charge >= 0.3 is 0 Å². The molecule has 0 unspecified atom stereocenters. The van der Waals surface area contributed by atoms with Crippen molar-refractivity contribution in [3.63, 3.8) is 0 Å². The van der Waals surface area contributed by atoms with Crippen LogP contribution in [0.15, 0.2) is 42.7 Å². The maximum Gasteiger partial charge on any atom is 0.295 e. The Balaban J connectivity index is 1.56. The fraction of sp³-hybridized carbons (Fsp3) is 0.348. The number of hydrogen-bond acceptors (Lipinski definition) is 5. The number of likely N-dealkylation sites (tertiary alicyclic amines) is 1. The van der Waals surface area contributed by atoms with Crippen molar-refractivity contribution in [3.05, 3.63) is 65.4 Å². The molecule has 0 atom stereocenters. The van der Waals surface area contributed by atoms with E-state index in [2.05, 4.69) is 4.98 Å². The Bertz CT molecular complexity index is 1130. The van der Waals surface area contributed by atoms with Gasteiger partial charge in [0.05, 0.1) is 24.9 Å². The summed E-state index contributed by atoms with van der Waals surface area (Å²) in [6.07, 6.45) is 4.99. The maximum absolute atomic E-state index is 13.3. The number of nitrogens with zero attached hydrogens (tertiary/aromatic N) is 4. The van der Waals surface area contributed by atoms with Crippen molar-refractivity contribution in [2.75, 3.05) is 26.7 Å². The van der Waals surface area contributed by atoms with Crippen LogP contribution in [0, 0.1) is 5.82 Å². The minimum atomic E-state index is -0.613. The van der Waals surface area contributed by atoms with Gasteiger partial charge in [-0.25, -0.2) is 14.4 Å². The van der Waals surface area contributed by atoms with Crippen LogP contribution >= 0.6 is 0 Å². The molecule has 2 aromatic heterocycles. The predicted octanol–water partition coefficient (Wildman–Crippen LogP) is 2.82. The molecule has 0 radical (unpaired) electrons. The van der Waals surface area contributed by atoms with Gasteiger partial charge in [0.2, 0.25) is 5.91 Å². The molecule has 32 heavy (non-hydrogen) atoms. The second-order valence-corrected chi connectivity index (χ2v) is 7.86. The lowest BCUT2D eigenvalue weighted by Gasteiger charge is -2.15. The summed E-state index contributed by atoms with van der Waals surface area (Å²) < 4.78 is 21.1. The Kier molecular flexibility index (Phi) is 6.48. The van der Waals surface area contributed by atoms with Gasteiger partial charge in [-0.15, -0.1) is 0 Å². The smallest absolute Gasteiger partial charge is 0.295 e. The molecule has 8 nitrogen and oxygen atoms in total. The molecule has 9 heteroatoms. The van der Waals surface area contributed by atoms with Crippen molar-refractivity contribution in [1.29, 1.82) is 0 Å². The molecule has 1 aromatic carbocycles. The standard InChI is InChI=1S/C23H25FN4O4/c1-26(31)23(30)20-11-19-17(15-32-10-9-27-8-2-3-22(27)29)14-28(21(19)12-25-20)13-16-4-6-18(24)7-5-16/h4-7,11-12,14,31H,2-3,8-10,13,15H2,1H3. The second-order valence-electron chi connectivity index (χ2n) is 7.86. The summed E-state index contributed by atoms with van der Waals surface area (Å²) in [6.45, 7) is 2.51. The zero-order chi connectivity index (χ0) is 22.7. The van der Waals surface area contributed by atoms with E-state index in [1.165, 1.54) is 19.2 Å². The molecule has 1 aliphatic heterocycles. The van der Waals surface area contributed by atoms with Gasteiger partial charge in [0.25, 0.3) is 5.91 Å². The number of pyridine rings is 1. The molecular formula is C23H25FN4O4. The fourth-order valence-electron chi connectivity index (χ4n) is 3.87. The molecular weight excluding hydrogens is 415 g/mol. The molecule has 1 aliphatic rings. The number of halogens is 1. The SMILES string of the molecule is CN(O)C(=O)c1cc2c(COCCN3CCCC3=O)cn(Cc3ccc(F)cc3)c2cn1. The van der Waals surface area contributed by atoms with Crippen molar-refractivity contribution in [2.24, 2.45) is 0 Å². The highest BCUT2D eigenvalue weighted by atomic mass is 19.1. The van der Waals surface area contributed by atoms with Crippen LogP contribution in [0.1, 0.15) is 34.5 Å². The third-order valence-corrected chi connectivity index (χ3v) is 5.56. The Morgan fingerprint density at radius 1 is 1.31 bits per heavy atom. The molecule has 0 saturated carbocycles. The first-order valence-electron chi connectivity index (χ1n) is 10.5. The van der Waals surface area contributed by atoms with Crippen LogP contribution in [-0.2, 0) is 22.7 Å². The second kappa shape index (κ2) is 9.46. The largest absolute Gasteiger partial charge is 0.375 e. The lowest BCUT2D eigenvalue weighted by molar-refractivity contribution is -0.128. The van der Waals surface area contributed by atoms with Crippen LogP contribution in [-0.4, -0.2) is 63.3 Å². The van der Waals surface area contributed by atoms with Crippen LogP contribution in [0.5, 0.6) is 0 Å². The average molecular weight is 440 g/mol. The summed E-state index contributed by atoms with van der Waals surface area (Å²) in [5.74, 6) is -0.751. The van der Waals surface area contributed by atoms with Gasteiger partial charge in [0.15, 0.2) is 0 Å². The summed E-state index contributed by atoms with van der Waals surface area (Å²) in [5.41, 5.74) is 2.68. The van der Waals surface area contributed by atoms with Gasteiger partial charge in [0.1, 0.15) is 11.5 Å². The summed E-state index contributed by atoms with van der Waals surface area (Å²) in [5, 5.41) is 10.8. The third kappa shape index (κ3) is 4.79. The summed E-state index contributed by atoms with van der Waals surface area (Å²) in [4.78, 5) is 29.9. The Labute approximate surface area is 184 Å². The van der Waals surface area contributed by atoms with Crippen molar-refractivity contribution < 1.29 is 23.9 Å². The lowest BCUT2D eigenvalue weighted by Crippen LogP contribution is -2.28. The monoisotopic (exact) mass is 440 g/mol. The molecule has 1 N–H and O–H groups in total. The van der Waals surface area contributed by atoms with E-state index < -0.39 is 5.91 Å². The number of rotatable bonds is 8. The van der Waals surface area contributed by atoms with E-state index in [0.29, 0.717) is 37.8 Å². The first-order chi connectivity index (χ1) is 15.4. The van der Waals surface area contributed by atoms with Crippen LogP contribution in [0.3, 0.4) is 0 Å². The van der Waals surface area contributed by atoms with E-state index in [-0.39, 0.29) is 17.4 Å². The molecule has 0 spiro atoms. The van der Waals surface area contributed by atoms with Crippen LogP contribution in [0.25, 0.3) is 10.9 Å². The van der Waals surface area contributed by atoms with Gasteiger partial charge in [-0.05, 0) is 30.2 Å². The molecule has 168 valence electrons. The highest BCUT2D eigenvalue weighted by Crippen LogP contribution is 2.24. The highest BCUT2D eigenvalue weighted by molar-refractivity contribution is 5.96. The number of fused-ring (bicyclic) bond motifs is 1. The number of carbonyl (C=O) groups excluding carboxylic acids is 2. The van der Waals surface area contributed by atoms with Crippen molar-refractivity contribution in [2.45, 2.75) is 26.0 Å². The zero-order valence-corrected chi connectivity index (χ0v) is 17.8. The molecule has 3 aromatic rings. The first-order valence-corrected chi connectivity index (χ1v) is 10.5. The van der Waals surface area contributed by atoms with E-state index >= 15 is 0 Å². The van der Waals surface area contributed by atoms with E-state index in [1.54, 1.807) is 29.3 Å². The van der Waals surface area contributed by atoms with Gasteiger partial charge in [-0.1, -0.05) is 12.1 Å². The quantitative estimate of drug-likeness (QED) is 0.331. The normalized spacial score (nSPS) is 13.8. The molecule has 1 saturated heterocycles. The molecule has 1 fully saturated rings. The van der Waals surface area contributed by atoms with Crippen LogP contribution in [0.2, 0.25) is 0 Å². The molecule has 2 amide bonds. The highest BCUT2D eigenvalue weighted by Gasteiger charge is 2.20. The Hall–Kier alpha value is -3.30. The van der Waals surface area contributed by atoms with E-state index in [0.717, 1.165) is 35.0 Å². The summed E-state index contributed by atoms with van der Waals surface area (Å²) in [6, 6.07) is 7.90. The topological polar surface area (TPSA) is 87.9 Å². The summed E-state index contributed by atoms with van der Waals surface area (Å²) in [7, 11) is 1.25. The molecule has 4 rings (SSSR count). The van der Waals surface area contributed by atoms with Crippen molar-refractivity contribution in [1.82, 2.24) is 19.5 Å². The number of benzene rings is 1. The third-order valence-electron chi connectivity index (χ3n) is 5.56. The van der Waals surface area contributed by atoms with Gasteiger partial charge in [-0.3, -0.25) is 14.8 Å². The van der Waals surface area contributed by atoms with Crippen molar-refractivity contribution >= 4 is 22.7 Å². The predicted molar refractivity (Wildman–Crippen MR) is 115 cm³/mol. The molecule has 3 heterocycles. The van der Waals surface area contributed by atoms with Gasteiger partial charge < -0.3 is 14.2 Å². The maximum atomic E-state index is 13.3. The number of amides is 2. The fourth-order valence-corrected chi connectivity index (χ4v) is 3.87. The Morgan fingerprint density at radius 3 is 2.78 bits per heavy atom. The molecule has 0 bridgehead atoms. The lowest BCUT2D eigenvalue weighted by atomic mass is 10.2. The molecule has 0 aliphatic carbocycles. The number of aromatic nitrogens is 2. The Morgan fingerprint density at radius 2 is 2.09 bits per heavy atom. The number of ether oxygens (including phenoxy) is 1. The van der Waals surface area contributed by atoms with Crippen LogP contribution < -0.4 is 0 Å². The van der Waals surface area contributed by atoms with Gasteiger partial charge in [-0.2, -0.15) is 0 Å². The van der Waals surface area contributed by atoms with Crippen LogP contribution in [0.4, 0.5) is 4.39 Å². The number of carbonyl (C=O) groups is 2. The zero-order valence-electron chi connectivity index (χ0n) is 17.8. The van der Waals surface area contributed by atoms with E-state index in [4.69, 9.17) is 4.74 Å². The minimum Gasteiger partial charge on any atom is -0.375 e. The van der Waals surface area contributed by atoms with Crippen molar-refractivity contribution in [3.8, 4) is 0 Å².